The number of unbranched alkanes of at least 4 members (excludes halogenated alkanes) is 4. The summed E-state index contributed by atoms with van der Waals surface area (Å²) in [5.41, 5.74) is 0. The van der Waals surface area contributed by atoms with E-state index in [1.54, 1.807) is 0 Å². The molecule has 21 heavy (non-hydrogen) atoms. The van der Waals surface area contributed by atoms with Crippen LogP contribution in [0.2, 0.25) is 0 Å². The largest absolute Gasteiger partial charge is 0.300 e. The minimum absolute atomic E-state index is 0.349. The molecule has 2 aliphatic rings. The standard InChI is InChI=1S/C19H34N2/c1-2-3-4-5-6-7-17-12-14-21(15-13-17)19-10-8-18(16-20)9-11-19/h17-19H,2-15H2,1H3/t18-,19-. The molecule has 2 nitrogen and oxygen atoms in total. The van der Waals surface area contributed by atoms with E-state index in [1.807, 2.05) is 0 Å². The summed E-state index contributed by atoms with van der Waals surface area (Å²) in [6.07, 6.45) is 16.2. The van der Waals surface area contributed by atoms with Crippen LogP contribution >= 0.6 is 0 Å². The van der Waals surface area contributed by atoms with Crippen LogP contribution in [0, 0.1) is 23.2 Å². The molecule has 1 heterocycles. The molecule has 2 fully saturated rings. The molecule has 2 rings (SSSR count). The van der Waals surface area contributed by atoms with E-state index in [0.717, 1.165) is 24.8 Å². The monoisotopic (exact) mass is 290 g/mol. The van der Waals surface area contributed by atoms with Crippen molar-refractivity contribution in [3.05, 3.63) is 0 Å². The molecule has 0 aromatic rings. The van der Waals surface area contributed by atoms with E-state index in [9.17, 15) is 0 Å². The second-order valence-electron chi connectivity index (χ2n) is 7.32. The number of hydrogen-bond donors (Lipinski definition) is 0. The molecule has 0 amide bonds. The van der Waals surface area contributed by atoms with E-state index in [4.69, 9.17) is 5.26 Å². The number of nitriles is 1. The van der Waals surface area contributed by atoms with Gasteiger partial charge in [-0.15, -0.1) is 0 Å². The maximum Gasteiger partial charge on any atom is 0.0655 e. The van der Waals surface area contributed by atoms with Crippen molar-refractivity contribution in [1.82, 2.24) is 4.90 Å². The Morgan fingerprint density at radius 1 is 0.905 bits per heavy atom. The minimum Gasteiger partial charge on any atom is -0.300 e. The number of nitrogens with zero attached hydrogens (tertiary/aromatic N) is 2. The lowest BCUT2D eigenvalue weighted by molar-refractivity contribution is 0.0975. The van der Waals surface area contributed by atoms with Crippen LogP contribution < -0.4 is 0 Å². The van der Waals surface area contributed by atoms with Crippen LogP contribution in [0.1, 0.15) is 84.0 Å². The van der Waals surface area contributed by atoms with Crippen molar-refractivity contribution < 1.29 is 0 Å². The summed E-state index contributed by atoms with van der Waals surface area (Å²) in [6.45, 7) is 4.93. The highest BCUT2D eigenvalue weighted by Gasteiger charge is 2.28. The molecule has 0 aromatic heterocycles. The fraction of sp³-hybridized carbons (Fsp3) is 0.947. The van der Waals surface area contributed by atoms with Gasteiger partial charge in [-0.05, 0) is 57.5 Å². The van der Waals surface area contributed by atoms with Crippen molar-refractivity contribution in [2.75, 3.05) is 13.1 Å². The molecular formula is C19H34N2. The second kappa shape index (κ2) is 9.46. The molecule has 0 spiro atoms. The SMILES string of the molecule is CCCCCCCC1CCN([C@H]2CC[C@H](C#N)CC2)CC1. The van der Waals surface area contributed by atoms with Crippen molar-refractivity contribution in [2.24, 2.45) is 11.8 Å². The maximum absolute atomic E-state index is 9.00. The van der Waals surface area contributed by atoms with Crippen LogP contribution in [-0.2, 0) is 0 Å². The zero-order valence-corrected chi connectivity index (χ0v) is 14.0. The number of likely N-dealkylation sites (tertiary alicyclic amines) is 1. The quantitative estimate of drug-likeness (QED) is 0.607. The smallest absolute Gasteiger partial charge is 0.0655 e. The molecule has 1 saturated carbocycles. The number of hydrogen-bond acceptors (Lipinski definition) is 2. The van der Waals surface area contributed by atoms with Gasteiger partial charge >= 0.3 is 0 Å². The lowest BCUT2D eigenvalue weighted by atomic mass is 9.84. The Kier molecular flexibility index (Phi) is 7.58. The van der Waals surface area contributed by atoms with Crippen molar-refractivity contribution in [1.29, 1.82) is 5.26 Å². The Morgan fingerprint density at radius 3 is 2.19 bits per heavy atom. The fourth-order valence-electron chi connectivity index (χ4n) is 4.21. The number of piperidine rings is 1. The van der Waals surface area contributed by atoms with Gasteiger partial charge in [0.1, 0.15) is 0 Å². The summed E-state index contributed by atoms with van der Waals surface area (Å²) >= 11 is 0. The molecule has 0 N–H and O–H groups in total. The zero-order chi connectivity index (χ0) is 14.9. The molecule has 1 aliphatic carbocycles. The van der Waals surface area contributed by atoms with Crippen molar-refractivity contribution in [3.63, 3.8) is 0 Å². The molecule has 1 aliphatic heterocycles. The van der Waals surface area contributed by atoms with E-state index in [1.165, 1.54) is 77.3 Å². The van der Waals surface area contributed by atoms with Gasteiger partial charge in [-0.3, -0.25) is 0 Å². The van der Waals surface area contributed by atoms with Gasteiger partial charge in [0.15, 0.2) is 0 Å². The predicted octanol–water partition coefficient (Wildman–Crippen LogP) is 5.14. The van der Waals surface area contributed by atoms with Crippen LogP contribution in [0.3, 0.4) is 0 Å². The zero-order valence-electron chi connectivity index (χ0n) is 14.0. The van der Waals surface area contributed by atoms with Crippen molar-refractivity contribution >= 4 is 0 Å². The van der Waals surface area contributed by atoms with Crippen LogP contribution in [0.25, 0.3) is 0 Å². The summed E-state index contributed by atoms with van der Waals surface area (Å²) in [4.78, 5) is 2.74. The second-order valence-corrected chi connectivity index (χ2v) is 7.32. The average molecular weight is 290 g/mol. The highest BCUT2D eigenvalue weighted by molar-refractivity contribution is 4.90. The molecule has 0 aromatic carbocycles. The van der Waals surface area contributed by atoms with E-state index in [-0.39, 0.29) is 0 Å². The van der Waals surface area contributed by atoms with Crippen molar-refractivity contribution in [3.8, 4) is 6.07 Å². The third kappa shape index (κ3) is 5.62. The molecule has 1 saturated heterocycles. The Morgan fingerprint density at radius 2 is 1.57 bits per heavy atom. The lowest BCUT2D eigenvalue weighted by Crippen LogP contribution is -2.43. The molecule has 0 bridgehead atoms. The van der Waals surface area contributed by atoms with Gasteiger partial charge in [0.2, 0.25) is 0 Å². The first-order valence-corrected chi connectivity index (χ1v) is 9.47. The first kappa shape index (κ1) is 16.8. The third-order valence-corrected chi connectivity index (χ3v) is 5.76. The molecule has 0 atom stereocenters. The van der Waals surface area contributed by atoms with Gasteiger partial charge in [-0.25, -0.2) is 0 Å². The summed E-state index contributed by atoms with van der Waals surface area (Å²) in [5, 5.41) is 9.00. The first-order valence-electron chi connectivity index (χ1n) is 9.47. The van der Waals surface area contributed by atoms with Crippen LogP contribution in [0.5, 0.6) is 0 Å². The van der Waals surface area contributed by atoms with E-state index in [2.05, 4.69) is 17.9 Å². The van der Waals surface area contributed by atoms with Gasteiger partial charge in [0, 0.05) is 12.0 Å². The van der Waals surface area contributed by atoms with Gasteiger partial charge in [0.05, 0.1) is 6.07 Å². The first-order chi connectivity index (χ1) is 10.3. The Labute approximate surface area is 131 Å². The highest BCUT2D eigenvalue weighted by atomic mass is 15.2. The Bertz CT molecular complexity index is 304. The van der Waals surface area contributed by atoms with E-state index >= 15 is 0 Å². The molecule has 120 valence electrons. The van der Waals surface area contributed by atoms with Gasteiger partial charge < -0.3 is 4.90 Å². The van der Waals surface area contributed by atoms with Crippen LogP contribution in [-0.4, -0.2) is 24.0 Å². The van der Waals surface area contributed by atoms with Gasteiger partial charge in [-0.1, -0.05) is 45.4 Å². The summed E-state index contributed by atoms with van der Waals surface area (Å²) < 4.78 is 0. The number of rotatable bonds is 7. The van der Waals surface area contributed by atoms with Gasteiger partial charge in [-0.2, -0.15) is 5.26 Å². The third-order valence-electron chi connectivity index (χ3n) is 5.76. The Balaban J connectivity index is 1.57. The van der Waals surface area contributed by atoms with Crippen LogP contribution in [0.4, 0.5) is 0 Å². The summed E-state index contributed by atoms with van der Waals surface area (Å²) in [7, 11) is 0. The molecule has 2 heteroatoms. The fourth-order valence-corrected chi connectivity index (χ4v) is 4.21. The van der Waals surface area contributed by atoms with E-state index in [0.29, 0.717) is 5.92 Å². The molecule has 0 radical (unpaired) electrons. The summed E-state index contributed by atoms with van der Waals surface area (Å²) in [6, 6.07) is 3.25. The van der Waals surface area contributed by atoms with Crippen LogP contribution in [0.15, 0.2) is 0 Å². The molecule has 0 unspecified atom stereocenters. The van der Waals surface area contributed by atoms with Gasteiger partial charge in [0.25, 0.3) is 0 Å². The predicted molar refractivity (Wildman–Crippen MR) is 89.0 cm³/mol. The minimum atomic E-state index is 0.349. The Hall–Kier alpha value is -0.550. The maximum atomic E-state index is 9.00. The van der Waals surface area contributed by atoms with Crippen molar-refractivity contribution in [2.45, 2.75) is 90.0 Å². The summed E-state index contributed by atoms with van der Waals surface area (Å²) in [5.74, 6) is 1.35. The molecular weight excluding hydrogens is 256 g/mol. The lowest BCUT2D eigenvalue weighted by Gasteiger charge is -2.40. The topological polar surface area (TPSA) is 27.0 Å². The average Bonchev–Trinajstić information content (AvgIpc) is 2.55. The van der Waals surface area contributed by atoms with E-state index < -0.39 is 0 Å². The normalized spacial score (nSPS) is 28.4. The highest BCUT2D eigenvalue weighted by Crippen LogP contribution is 2.31.